The largest absolute Gasteiger partial charge is 0.497 e. The fraction of sp³-hybridized carbons (Fsp3) is 0.136. The normalized spacial score (nSPS) is 10.7. The third-order valence-electron chi connectivity index (χ3n) is 4.51. The van der Waals surface area contributed by atoms with Crippen LogP contribution in [0.15, 0.2) is 53.6 Å². The van der Waals surface area contributed by atoms with Crippen LogP contribution in [0.5, 0.6) is 5.75 Å². The predicted octanol–water partition coefficient (Wildman–Crippen LogP) is 3.88. The summed E-state index contributed by atoms with van der Waals surface area (Å²) in [4.78, 5) is 12.1. The molecule has 0 aliphatic heterocycles. The van der Waals surface area contributed by atoms with Gasteiger partial charge in [-0.15, -0.1) is 0 Å². The number of hydrogen-bond donors (Lipinski definition) is 1. The van der Waals surface area contributed by atoms with Gasteiger partial charge in [0.2, 0.25) is 0 Å². The molecule has 29 heavy (non-hydrogen) atoms. The first-order chi connectivity index (χ1) is 13.9. The predicted molar refractivity (Wildman–Crippen MR) is 108 cm³/mol. The number of hydrogen-bond acceptors (Lipinski definition) is 4. The van der Waals surface area contributed by atoms with Gasteiger partial charge < -0.3 is 9.30 Å². The fourth-order valence-corrected chi connectivity index (χ4v) is 3.04. The van der Waals surface area contributed by atoms with Crippen LogP contribution in [-0.4, -0.2) is 23.8 Å². The number of halogens is 1. The Labute approximate surface area is 167 Å². The maximum Gasteiger partial charge on any atom is 0.274 e. The van der Waals surface area contributed by atoms with Crippen molar-refractivity contribution in [2.45, 2.75) is 13.8 Å². The second-order valence-corrected chi connectivity index (χ2v) is 6.37. The van der Waals surface area contributed by atoms with Gasteiger partial charge in [0, 0.05) is 22.6 Å². The molecule has 1 N–H and O–H groups in total. The van der Waals surface area contributed by atoms with Crippen molar-refractivity contribution in [1.82, 2.24) is 9.99 Å². The maximum absolute atomic E-state index is 13.9. The first kappa shape index (κ1) is 19.8. The number of aryl methyl sites for hydroxylation is 1. The summed E-state index contributed by atoms with van der Waals surface area (Å²) in [7, 11) is 1.62. The van der Waals surface area contributed by atoms with Gasteiger partial charge in [0.15, 0.2) is 0 Å². The molecule has 7 heteroatoms. The monoisotopic (exact) mass is 390 g/mol. The molecule has 0 atom stereocenters. The van der Waals surface area contributed by atoms with E-state index in [4.69, 9.17) is 10.00 Å². The number of carbonyl (C=O) groups is 1. The van der Waals surface area contributed by atoms with Crippen LogP contribution in [0.3, 0.4) is 0 Å². The van der Waals surface area contributed by atoms with Crippen LogP contribution in [0.1, 0.15) is 32.9 Å². The molecule has 0 saturated carbocycles. The molecule has 0 bridgehead atoms. The smallest absolute Gasteiger partial charge is 0.274 e. The van der Waals surface area contributed by atoms with Gasteiger partial charge >= 0.3 is 0 Å². The summed E-state index contributed by atoms with van der Waals surface area (Å²) in [5.74, 6) is -0.683. The molecular formula is C22H19FN4O2. The van der Waals surface area contributed by atoms with Crippen LogP contribution in [0, 0.1) is 31.0 Å². The highest BCUT2D eigenvalue weighted by Crippen LogP contribution is 2.22. The molecule has 3 rings (SSSR count). The van der Waals surface area contributed by atoms with E-state index in [0.29, 0.717) is 0 Å². The Balaban J connectivity index is 1.77. The van der Waals surface area contributed by atoms with Gasteiger partial charge in [0.1, 0.15) is 11.6 Å². The Morgan fingerprint density at radius 1 is 1.21 bits per heavy atom. The number of nitriles is 1. The Morgan fingerprint density at radius 3 is 2.55 bits per heavy atom. The van der Waals surface area contributed by atoms with Crippen LogP contribution >= 0.6 is 0 Å². The third-order valence-corrected chi connectivity index (χ3v) is 4.51. The molecule has 1 heterocycles. The summed E-state index contributed by atoms with van der Waals surface area (Å²) in [6.07, 6.45) is 1.52. The summed E-state index contributed by atoms with van der Waals surface area (Å²) in [6, 6.07) is 15.1. The van der Waals surface area contributed by atoms with E-state index in [1.54, 1.807) is 7.11 Å². The first-order valence-corrected chi connectivity index (χ1v) is 8.81. The molecule has 1 amide bonds. The Morgan fingerprint density at radius 2 is 1.93 bits per heavy atom. The summed E-state index contributed by atoms with van der Waals surface area (Å²) in [5, 5.41) is 12.7. The fourth-order valence-electron chi connectivity index (χ4n) is 3.04. The Kier molecular flexibility index (Phi) is 5.74. The van der Waals surface area contributed by atoms with Crippen molar-refractivity contribution in [1.29, 1.82) is 5.26 Å². The number of amides is 1. The number of nitrogens with one attached hydrogen (secondary N) is 1. The van der Waals surface area contributed by atoms with Gasteiger partial charge in [-0.25, -0.2) is 9.82 Å². The molecule has 1 aromatic heterocycles. The summed E-state index contributed by atoms with van der Waals surface area (Å²) in [6.45, 7) is 3.92. The number of rotatable bonds is 5. The molecule has 6 nitrogen and oxygen atoms in total. The van der Waals surface area contributed by atoms with Crippen LogP contribution in [-0.2, 0) is 0 Å². The number of carbonyl (C=O) groups excluding carboxylic acids is 1. The molecular weight excluding hydrogens is 371 g/mol. The van der Waals surface area contributed by atoms with E-state index < -0.39 is 11.7 Å². The van der Waals surface area contributed by atoms with Gasteiger partial charge in [-0.2, -0.15) is 10.4 Å². The van der Waals surface area contributed by atoms with Gasteiger partial charge in [0.25, 0.3) is 5.91 Å². The Hall–Kier alpha value is -3.92. The average molecular weight is 390 g/mol. The quantitative estimate of drug-likeness (QED) is 0.530. The summed E-state index contributed by atoms with van der Waals surface area (Å²) >= 11 is 0. The highest BCUT2D eigenvalue weighted by atomic mass is 19.1. The average Bonchev–Trinajstić information content (AvgIpc) is 3.01. The van der Waals surface area contributed by atoms with Gasteiger partial charge in [-0.1, -0.05) is 0 Å². The highest BCUT2D eigenvalue weighted by molar-refractivity contribution is 5.95. The third kappa shape index (κ3) is 4.17. The molecule has 0 aliphatic carbocycles. The molecule has 0 spiro atoms. The zero-order valence-electron chi connectivity index (χ0n) is 16.2. The van der Waals surface area contributed by atoms with Crippen LogP contribution in [0.25, 0.3) is 5.69 Å². The van der Waals surface area contributed by atoms with Crippen LogP contribution in [0.2, 0.25) is 0 Å². The molecule has 0 radical (unpaired) electrons. The second kappa shape index (κ2) is 8.40. The van der Waals surface area contributed by atoms with Crippen LogP contribution < -0.4 is 10.2 Å². The molecule has 0 saturated heterocycles. The second-order valence-electron chi connectivity index (χ2n) is 6.37. The zero-order chi connectivity index (χ0) is 21.0. The molecule has 0 fully saturated rings. The SMILES string of the molecule is COc1ccc(-n2c(C)cc(C=NNC(=O)c3ccc(C#N)cc3F)c2C)cc1. The molecule has 0 unspecified atom stereocenters. The van der Waals surface area contributed by atoms with Crippen molar-refractivity contribution < 1.29 is 13.9 Å². The van der Waals surface area contributed by atoms with Crippen molar-refractivity contribution in [2.24, 2.45) is 5.10 Å². The van der Waals surface area contributed by atoms with E-state index in [1.807, 2.05) is 50.2 Å². The lowest BCUT2D eigenvalue weighted by atomic mass is 10.1. The first-order valence-electron chi connectivity index (χ1n) is 8.81. The molecule has 0 aliphatic rings. The van der Waals surface area contributed by atoms with Gasteiger partial charge in [0.05, 0.1) is 30.5 Å². The van der Waals surface area contributed by atoms with E-state index in [2.05, 4.69) is 15.1 Å². The van der Waals surface area contributed by atoms with Crippen molar-refractivity contribution in [3.8, 4) is 17.5 Å². The minimum atomic E-state index is -0.769. The lowest BCUT2D eigenvalue weighted by Gasteiger charge is -2.10. The minimum Gasteiger partial charge on any atom is -0.497 e. The Bertz CT molecular complexity index is 1120. The van der Waals surface area contributed by atoms with Crippen molar-refractivity contribution >= 4 is 12.1 Å². The topological polar surface area (TPSA) is 79.4 Å². The van der Waals surface area contributed by atoms with Gasteiger partial charge in [-0.05, 0) is 62.4 Å². The van der Waals surface area contributed by atoms with Crippen molar-refractivity contribution in [3.63, 3.8) is 0 Å². The molecule has 3 aromatic rings. The summed E-state index contributed by atoms with van der Waals surface area (Å²) in [5.41, 5.74) is 6.02. The number of nitrogens with zero attached hydrogens (tertiary/aromatic N) is 3. The zero-order valence-corrected chi connectivity index (χ0v) is 16.2. The van der Waals surface area contributed by atoms with E-state index in [-0.39, 0.29) is 11.1 Å². The van der Waals surface area contributed by atoms with Crippen LogP contribution in [0.4, 0.5) is 4.39 Å². The van der Waals surface area contributed by atoms with Crippen molar-refractivity contribution in [2.75, 3.05) is 7.11 Å². The number of hydrazone groups is 1. The van der Waals surface area contributed by atoms with E-state index in [1.165, 1.54) is 18.3 Å². The van der Waals surface area contributed by atoms with Gasteiger partial charge in [-0.3, -0.25) is 4.79 Å². The standard InChI is InChI=1S/C22H19FN4O2/c1-14-10-17(15(2)27(14)18-5-7-19(29-3)8-6-18)13-25-26-22(28)20-9-4-16(12-24)11-21(20)23/h4-11,13H,1-3H3,(H,26,28). The highest BCUT2D eigenvalue weighted by Gasteiger charge is 2.12. The van der Waals surface area contributed by atoms with E-state index >= 15 is 0 Å². The number of methoxy groups -OCH3 is 1. The minimum absolute atomic E-state index is 0.147. The molecule has 146 valence electrons. The number of ether oxygens (including phenoxy) is 1. The number of benzene rings is 2. The van der Waals surface area contributed by atoms with E-state index in [0.717, 1.165) is 34.5 Å². The van der Waals surface area contributed by atoms with E-state index in [9.17, 15) is 9.18 Å². The lowest BCUT2D eigenvalue weighted by Crippen LogP contribution is -2.19. The molecule has 2 aromatic carbocycles. The number of aromatic nitrogens is 1. The maximum atomic E-state index is 13.9. The van der Waals surface area contributed by atoms with Crippen molar-refractivity contribution in [3.05, 3.63) is 82.4 Å². The lowest BCUT2D eigenvalue weighted by molar-refractivity contribution is 0.0951. The summed E-state index contributed by atoms with van der Waals surface area (Å²) < 4.78 is 21.2.